The number of carbonyl (C=O) groups excluding carboxylic acids is 1. The Morgan fingerprint density at radius 2 is 2.26 bits per heavy atom. The van der Waals surface area contributed by atoms with Crippen molar-refractivity contribution in [2.75, 3.05) is 25.0 Å². The molecule has 1 aliphatic heterocycles. The summed E-state index contributed by atoms with van der Waals surface area (Å²) in [4.78, 5) is 11.9. The SMILES string of the molecule is O=C(NCC(F)(F)CO)c1cccc2c1CCCN2. The summed E-state index contributed by atoms with van der Waals surface area (Å²) in [7, 11) is 0. The molecule has 0 bridgehead atoms. The van der Waals surface area contributed by atoms with Crippen molar-refractivity contribution in [3.63, 3.8) is 0 Å². The van der Waals surface area contributed by atoms with Crippen LogP contribution in [-0.2, 0) is 6.42 Å². The van der Waals surface area contributed by atoms with Crippen LogP contribution in [0.2, 0.25) is 0 Å². The lowest BCUT2D eigenvalue weighted by Gasteiger charge is -2.21. The van der Waals surface area contributed by atoms with Crippen LogP contribution in [0, 0.1) is 0 Å². The zero-order chi connectivity index (χ0) is 13.9. The number of hydrogen-bond donors (Lipinski definition) is 3. The van der Waals surface area contributed by atoms with E-state index in [1.54, 1.807) is 12.1 Å². The Morgan fingerprint density at radius 3 is 3.00 bits per heavy atom. The number of anilines is 1. The first-order chi connectivity index (χ1) is 9.03. The minimum atomic E-state index is -3.29. The van der Waals surface area contributed by atoms with Crippen LogP contribution in [0.3, 0.4) is 0 Å². The molecular formula is C13H16F2N2O2. The van der Waals surface area contributed by atoms with Crippen LogP contribution in [0.5, 0.6) is 0 Å². The molecule has 3 N–H and O–H groups in total. The summed E-state index contributed by atoms with van der Waals surface area (Å²) in [6, 6.07) is 5.21. The molecule has 0 unspecified atom stereocenters. The lowest BCUT2D eigenvalue weighted by molar-refractivity contribution is -0.0462. The highest BCUT2D eigenvalue weighted by atomic mass is 19.3. The molecule has 2 rings (SSSR count). The van der Waals surface area contributed by atoms with Gasteiger partial charge in [-0.05, 0) is 30.5 Å². The van der Waals surface area contributed by atoms with Crippen LogP contribution in [0.25, 0.3) is 0 Å². The third-order valence-corrected chi connectivity index (χ3v) is 3.08. The van der Waals surface area contributed by atoms with Gasteiger partial charge in [0, 0.05) is 17.8 Å². The van der Waals surface area contributed by atoms with Crippen LogP contribution < -0.4 is 10.6 Å². The summed E-state index contributed by atoms with van der Waals surface area (Å²) >= 11 is 0. The second-order valence-corrected chi connectivity index (χ2v) is 4.56. The lowest BCUT2D eigenvalue weighted by Crippen LogP contribution is -2.39. The van der Waals surface area contributed by atoms with E-state index in [1.165, 1.54) is 0 Å². The minimum absolute atomic E-state index is 0.415. The summed E-state index contributed by atoms with van der Waals surface area (Å²) in [5.74, 6) is -3.82. The minimum Gasteiger partial charge on any atom is -0.390 e. The number of aliphatic hydroxyl groups excluding tert-OH is 1. The van der Waals surface area contributed by atoms with Gasteiger partial charge in [-0.15, -0.1) is 0 Å². The van der Waals surface area contributed by atoms with Crippen LogP contribution in [0.1, 0.15) is 22.3 Å². The molecular weight excluding hydrogens is 254 g/mol. The molecule has 0 saturated heterocycles. The van der Waals surface area contributed by atoms with E-state index in [4.69, 9.17) is 5.11 Å². The topological polar surface area (TPSA) is 61.4 Å². The van der Waals surface area contributed by atoms with Crippen LogP contribution in [0.4, 0.5) is 14.5 Å². The standard InChI is InChI=1S/C13H16F2N2O2/c14-13(15,8-18)7-17-12(19)10-3-1-5-11-9(10)4-2-6-16-11/h1,3,5,16,18H,2,4,6-8H2,(H,17,19). The third-order valence-electron chi connectivity index (χ3n) is 3.08. The maximum Gasteiger partial charge on any atom is 0.287 e. The Bertz CT molecular complexity index is 478. The van der Waals surface area contributed by atoms with E-state index in [9.17, 15) is 13.6 Å². The van der Waals surface area contributed by atoms with Gasteiger partial charge in [-0.1, -0.05) is 6.07 Å². The maximum atomic E-state index is 12.9. The van der Waals surface area contributed by atoms with Gasteiger partial charge in [-0.3, -0.25) is 4.79 Å². The Hall–Kier alpha value is -1.69. The highest BCUT2D eigenvalue weighted by Gasteiger charge is 2.29. The zero-order valence-corrected chi connectivity index (χ0v) is 10.4. The Morgan fingerprint density at radius 1 is 1.47 bits per heavy atom. The molecule has 104 valence electrons. The number of fused-ring (bicyclic) bond motifs is 1. The number of aliphatic hydroxyl groups is 1. The summed E-state index contributed by atoms with van der Waals surface area (Å²) in [5.41, 5.74) is 2.16. The van der Waals surface area contributed by atoms with Gasteiger partial charge in [0.25, 0.3) is 11.8 Å². The van der Waals surface area contributed by atoms with Crippen LogP contribution in [-0.4, -0.2) is 36.6 Å². The van der Waals surface area contributed by atoms with E-state index in [0.29, 0.717) is 5.56 Å². The Labute approximate surface area is 109 Å². The van der Waals surface area contributed by atoms with Crippen molar-refractivity contribution in [2.45, 2.75) is 18.8 Å². The number of benzene rings is 1. The number of halogens is 2. The van der Waals surface area contributed by atoms with E-state index >= 15 is 0 Å². The van der Waals surface area contributed by atoms with E-state index in [0.717, 1.165) is 30.6 Å². The van der Waals surface area contributed by atoms with E-state index in [2.05, 4.69) is 10.6 Å². The maximum absolute atomic E-state index is 12.9. The predicted molar refractivity (Wildman–Crippen MR) is 67.6 cm³/mol. The van der Waals surface area contributed by atoms with Gasteiger partial charge in [0.05, 0.1) is 6.54 Å². The number of rotatable bonds is 4. The fraction of sp³-hybridized carbons (Fsp3) is 0.462. The summed E-state index contributed by atoms with van der Waals surface area (Å²) < 4.78 is 25.8. The first-order valence-corrected chi connectivity index (χ1v) is 6.16. The molecule has 4 nitrogen and oxygen atoms in total. The number of alkyl halides is 2. The average molecular weight is 270 g/mol. The predicted octanol–water partition coefficient (Wildman–Crippen LogP) is 1.40. The van der Waals surface area contributed by atoms with Gasteiger partial charge in [-0.25, -0.2) is 8.78 Å². The van der Waals surface area contributed by atoms with Crippen molar-refractivity contribution in [3.05, 3.63) is 29.3 Å². The van der Waals surface area contributed by atoms with Gasteiger partial charge < -0.3 is 15.7 Å². The van der Waals surface area contributed by atoms with Gasteiger partial charge >= 0.3 is 0 Å². The molecule has 1 amide bonds. The van der Waals surface area contributed by atoms with Crippen molar-refractivity contribution in [3.8, 4) is 0 Å². The molecule has 1 aromatic rings. The van der Waals surface area contributed by atoms with Crippen molar-refractivity contribution in [2.24, 2.45) is 0 Å². The van der Waals surface area contributed by atoms with Crippen molar-refractivity contribution < 1.29 is 18.7 Å². The smallest absolute Gasteiger partial charge is 0.287 e. The third kappa shape index (κ3) is 3.20. The molecule has 0 aromatic heterocycles. The highest BCUT2D eigenvalue weighted by molar-refractivity contribution is 5.97. The summed E-state index contributed by atoms with van der Waals surface area (Å²) in [6.07, 6.45) is 1.66. The average Bonchev–Trinajstić information content (AvgIpc) is 2.44. The first-order valence-electron chi connectivity index (χ1n) is 6.16. The van der Waals surface area contributed by atoms with Crippen molar-refractivity contribution in [1.82, 2.24) is 5.32 Å². The van der Waals surface area contributed by atoms with Gasteiger partial charge in [0.1, 0.15) is 6.61 Å². The number of amides is 1. The second kappa shape index (κ2) is 5.52. The first kappa shape index (κ1) is 13.7. The fourth-order valence-electron chi connectivity index (χ4n) is 2.08. The highest BCUT2D eigenvalue weighted by Crippen LogP contribution is 2.25. The molecule has 0 spiro atoms. The molecule has 0 fully saturated rings. The van der Waals surface area contributed by atoms with Crippen molar-refractivity contribution in [1.29, 1.82) is 0 Å². The van der Waals surface area contributed by atoms with E-state index in [1.807, 2.05) is 6.07 Å². The molecule has 0 saturated carbocycles. The molecule has 19 heavy (non-hydrogen) atoms. The normalized spacial score (nSPS) is 14.5. The van der Waals surface area contributed by atoms with E-state index in [-0.39, 0.29) is 0 Å². The molecule has 6 heteroatoms. The summed E-state index contributed by atoms with van der Waals surface area (Å²) in [6.45, 7) is -1.29. The Balaban J connectivity index is 2.11. The van der Waals surface area contributed by atoms with Crippen LogP contribution >= 0.6 is 0 Å². The molecule has 1 aliphatic rings. The van der Waals surface area contributed by atoms with Crippen molar-refractivity contribution >= 4 is 11.6 Å². The number of nitrogens with one attached hydrogen (secondary N) is 2. The Kier molecular flexibility index (Phi) is 3.99. The lowest BCUT2D eigenvalue weighted by atomic mass is 9.97. The van der Waals surface area contributed by atoms with Crippen LogP contribution in [0.15, 0.2) is 18.2 Å². The monoisotopic (exact) mass is 270 g/mol. The largest absolute Gasteiger partial charge is 0.390 e. The fourth-order valence-corrected chi connectivity index (χ4v) is 2.08. The quantitative estimate of drug-likeness (QED) is 0.775. The van der Waals surface area contributed by atoms with Gasteiger partial charge in [0.2, 0.25) is 0 Å². The number of hydrogen-bond acceptors (Lipinski definition) is 3. The summed E-state index contributed by atoms with van der Waals surface area (Å²) in [5, 5.41) is 13.8. The molecule has 1 heterocycles. The molecule has 0 radical (unpaired) electrons. The molecule has 1 aromatic carbocycles. The van der Waals surface area contributed by atoms with Gasteiger partial charge in [0.15, 0.2) is 0 Å². The molecule has 0 atom stereocenters. The zero-order valence-electron chi connectivity index (χ0n) is 10.4. The molecule has 0 aliphatic carbocycles. The van der Waals surface area contributed by atoms with Gasteiger partial charge in [-0.2, -0.15) is 0 Å². The number of carbonyl (C=O) groups is 1. The second-order valence-electron chi connectivity index (χ2n) is 4.56. The van der Waals surface area contributed by atoms with E-state index < -0.39 is 25.0 Å².